The summed E-state index contributed by atoms with van der Waals surface area (Å²) in [4.78, 5) is 40.5. The van der Waals surface area contributed by atoms with Crippen LogP contribution in [0.2, 0.25) is 0 Å². The number of amides is 2. The number of hydrogen-bond donors (Lipinski definition) is 1. The van der Waals surface area contributed by atoms with E-state index in [4.69, 9.17) is 0 Å². The third-order valence-corrected chi connectivity index (χ3v) is 5.67. The molecule has 1 heterocycles. The Hall–Kier alpha value is -2.37. The van der Waals surface area contributed by atoms with E-state index >= 15 is 0 Å². The molecule has 1 aromatic carbocycles. The predicted octanol–water partition coefficient (Wildman–Crippen LogP) is 2.53. The molecule has 1 aliphatic heterocycles. The van der Waals surface area contributed by atoms with Gasteiger partial charge in [0.1, 0.15) is 6.04 Å². The molecule has 2 amide bonds. The first-order valence-electron chi connectivity index (χ1n) is 9.35. The molecule has 1 saturated carbocycles. The summed E-state index contributed by atoms with van der Waals surface area (Å²) in [5.41, 5.74) is 0.853. The third-order valence-electron chi connectivity index (χ3n) is 5.67. The van der Waals surface area contributed by atoms with Crippen molar-refractivity contribution < 1.29 is 19.5 Å². The molecule has 1 saturated heterocycles. The Bertz CT molecular complexity index is 676. The molecule has 140 valence electrons. The van der Waals surface area contributed by atoms with E-state index in [0.717, 1.165) is 18.5 Å². The monoisotopic (exact) mass is 358 g/mol. The topological polar surface area (TPSA) is 77.9 Å². The number of aliphatic carboxylic acids is 1. The maximum Gasteiger partial charge on any atom is 0.306 e. The highest BCUT2D eigenvalue weighted by molar-refractivity contribution is 6.00. The van der Waals surface area contributed by atoms with E-state index in [0.29, 0.717) is 32.2 Å². The van der Waals surface area contributed by atoms with E-state index in [9.17, 15) is 19.5 Å². The summed E-state index contributed by atoms with van der Waals surface area (Å²) in [6.45, 7) is 0.659. The number of carboxylic acids is 1. The number of carbonyl (C=O) groups is 3. The number of nitrogens with zero attached hydrogens (tertiary/aromatic N) is 2. The SMILES string of the molecule is CN(C(=O)C1CCCC(C(=O)O)C1)C1CCCN(c2ccccc2)C1=O. The van der Waals surface area contributed by atoms with Gasteiger partial charge >= 0.3 is 5.97 Å². The third kappa shape index (κ3) is 3.74. The lowest BCUT2D eigenvalue weighted by Crippen LogP contribution is -2.54. The molecule has 0 spiro atoms. The van der Waals surface area contributed by atoms with Crippen molar-refractivity contribution in [2.24, 2.45) is 11.8 Å². The molecule has 0 radical (unpaired) electrons. The number of carbonyl (C=O) groups excluding carboxylic acids is 2. The molecule has 1 aromatic rings. The summed E-state index contributed by atoms with van der Waals surface area (Å²) in [6.07, 6.45) is 3.95. The minimum atomic E-state index is -0.825. The van der Waals surface area contributed by atoms with Crippen LogP contribution in [-0.2, 0) is 14.4 Å². The quantitative estimate of drug-likeness (QED) is 0.897. The van der Waals surface area contributed by atoms with Crippen molar-refractivity contribution in [3.05, 3.63) is 30.3 Å². The molecule has 3 rings (SSSR count). The van der Waals surface area contributed by atoms with Crippen LogP contribution < -0.4 is 4.90 Å². The average Bonchev–Trinajstić information content (AvgIpc) is 2.68. The Kier molecular flexibility index (Phi) is 5.59. The lowest BCUT2D eigenvalue weighted by atomic mass is 9.80. The number of piperidine rings is 1. The zero-order chi connectivity index (χ0) is 18.7. The van der Waals surface area contributed by atoms with Gasteiger partial charge in [-0.25, -0.2) is 0 Å². The maximum atomic E-state index is 13.0. The van der Waals surface area contributed by atoms with Crippen molar-refractivity contribution in [3.8, 4) is 0 Å². The fourth-order valence-corrected chi connectivity index (χ4v) is 4.16. The molecule has 3 atom stereocenters. The van der Waals surface area contributed by atoms with Gasteiger partial charge in [0.25, 0.3) is 0 Å². The van der Waals surface area contributed by atoms with Crippen LogP contribution >= 0.6 is 0 Å². The normalized spacial score (nSPS) is 26.4. The predicted molar refractivity (Wildman–Crippen MR) is 97.7 cm³/mol. The minimum absolute atomic E-state index is 0.0519. The van der Waals surface area contributed by atoms with Gasteiger partial charge in [-0.1, -0.05) is 24.6 Å². The highest BCUT2D eigenvalue weighted by atomic mass is 16.4. The van der Waals surface area contributed by atoms with E-state index < -0.39 is 17.9 Å². The van der Waals surface area contributed by atoms with Crippen LogP contribution in [0.25, 0.3) is 0 Å². The molecule has 1 N–H and O–H groups in total. The van der Waals surface area contributed by atoms with Gasteiger partial charge in [-0.05, 0) is 44.2 Å². The van der Waals surface area contributed by atoms with Crippen LogP contribution in [0.15, 0.2) is 30.3 Å². The Labute approximate surface area is 153 Å². The number of benzene rings is 1. The van der Waals surface area contributed by atoms with Crippen molar-refractivity contribution in [2.45, 2.75) is 44.6 Å². The molecule has 2 aliphatic rings. The van der Waals surface area contributed by atoms with Gasteiger partial charge in [0.2, 0.25) is 11.8 Å². The van der Waals surface area contributed by atoms with E-state index in [2.05, 4.69) is 0 Å². The second-order valence-corrected chi connectivity index (χ2v) is 7.33. The first kappa shape index (κ1) is 18.4. The zero-order valence-electron chi connectivity index (χ0n) is 15.1. The molecular weight excluding hydrogens is 332 g/mol. The summed E-state index contributed by atoms with van der Waals surface area (Å²) < 4.78 is 0. The van der Waals surface area contributed by atoms with E-state index in [1.807, 2.05) is 30.3 Å². The van der Waals surface area contributed by atoms with E-state index in [-0.39, 0.29) is 17.7 Å². The number of hydrogen-bond acceptors (Lipinski definition) is 3. The van der Waals surface area contributed by atoms with Crippen molar-refractivity contribution in [1.82, 2.24) is 4.90 Å². The molecule has 26 heavy (non-hydrogen) atoms. The smallest absolute Gasteiger partial charge is 0.306 e. The van der Waals surface area contributed by atoms with Gasteiger partial charge in [0.15, 0.2) is 0 Å². The number of para-hydroxylation sites is 1. The fraction of sp³-hybridized carbons (Fsp3) is 0.550. The Morgan fingerprint density at radius 3 is 2.46 bits per heavy atom. The van der Waals surface area contributed by atoms with E-state index in [1.165, 1.54) is 0 Å². The molecule has 0 bridgehead atoms. The lowest BCUT2D eigenvalue weighted by Gasteiger charge is -2.38. The minimum Gasteiger partial charge on any atom is -0.481 e. The summed E-state index contributed by atoms with van der Waals surface area (Å²) in [5.74, 6) is -1.72. The second kappa shape index (κ2) is 7.89. The zero-order valence-corrected chi connectivity index (χ0v) is 15.1. The average molecular weight is 358 g/mol. The van der Waals surface area contributed by atoms with Crippen molar-refractivity contribution in [2.75, 3.05) is 18.5 Å². The summed E-state index contributed by atoms with van der Waals surface area (Å²) in [5, 5.41) is 9.24. The first-order valence-corrected chi connectivity index (χ1v) is 9.35. The molecule has 2 fully saturated rings. The molecule has 6 nitrogen and oxygen atoms in total. The van der Waals surface area contributed by atoms with Crippen LogP contribution in [0, 0.1) is 11.8 Å². The largest absolute Gasteiger partial charge is 0.481 e. The number of rotatable bonds is 4. The van der Waals surface area contributed by atoms with Gasteiger partial charge in [-0.3, -0.25) is 14.4 Å². The summed E-state index contributed by atoms with van der Waals surface area (Å²) in [6, 6.07) is 9.04. The first-order chi connectivity index (χ1) is 12.5. The number of anilines is 1. The summed E-state index contributed by atoms with van der Waals surface area (Å²) >= 11 is 0. The Morgan fingerprint density at radius 2 is 1.77 bits per heavy atom. The highest BCUT2D eigenvalue weighted by Crippen LogP contribution is 2.32. The molecule has 0 aromatic heterocycles. The van der Waals surface area contributed by atoms with Gasteiger partial charge in [-0.2, -0.15) is 0 Å². The molecule has 1 aliphatic carbocycles. The van der Waals surface area contributed by atoms with Gasteiger partial charge in [0.05, 0.1) is 5.92 Å². The van der Waals surface area contributed by atoms with Crippen molar-refractivity contribution >= 4 is 23.5 Å². The van der Waals surface area contributed by atoms with Crippen LogP contribution in [0.4, 0.5) is 5.69 Å². The standard InChI is InChI=1S/C20H26N2O4/c1-21(18(23)14-7-5-8-15(13-14)20(25)26)17-11-6-12-22(19(17)24)16-9-3-2-4-10-16/h2-4,9-10,14-15,17H,5-8,11-13H2,1H3,(H,25,26). The highest BCUT2D eigenvalue weighted by Gasteiger charge is 2.38. The fourth-order valence-electron chi connectivity index (χ4n) is 4.16. The van der Waals surface area contributed by atoms with Crippen LogP contribution in [0.3, 0.4) is 0 Å². The Balaban J connectivity index is 1.70. The van der Waals surface area contributed by atoms with Gasteiger partial charge in [0, 0.05) is 25.2 Å². The van der Waals surface area contributed by atoms with Crippen molar-refractivity contribution in [3.63, 3.8) is 0 Å². The summed E-state index contributed by atoms with van der Waals surface area (Å²) in [7, 11) is 1.68. The molecule has 6 heteroatoms. The molecule has 3 unspecified atom stereocenters. The number of likely N-dealkylation sites (N-methyl/N-ethyl adjacent to an activating group) is 1. The van der Waals surface area contributed by atoms with Crippen LogP contribution in [0.1, 0.15) is 38.5 Å². The lowest BCUT2D eigenvalue weighted by molar-refractivity contribution is -0.147. The second-order valence-electron chi connectivity index (χ2n) is 7.33. The number of carboxylic acid groups (broad SMARTS) is 1. The van der Waals surface area contributed by atoms with Gasteiger partial charge in [-0.15, -0.1) is 0 Å². The molecular formula is C20H26N2O4. The van der Waals surface area contributed by atoms with Crippen molar-refractivity contribution in [1.29, 1.82) is 0 Å². The maximum absolute atomic E-state index is 13.0. The van der Waals surface area contributed by atoms with Crippen LogP contribution in [0.5, 0.6) is 0 Å². The van der Waals surface area contributed by atoms with E-state index in [1.54, 1.807) is 16.8 Å². The van der Waals surface area contributed by atoms with Crippen LogP contribution in [-0.4, -0.2) is 47.4 Å². The van der Waals surface area contributed by atoms with Gasteiger partial charge < -0.3 is 14.9 Å². The Morgan fingerprint density at radius 1 is 1.08 bits per heavy atom.